The molecular formula is C15H23N5O2. The van der Waals surface area contributed by atoms with Gasteiger partial charge in [0.2, 0.25) is 11.9 Å². The second kappa shape index (κ2) is 6.08. The predicted octanol–water partition coefficient (Wildman–Crippen LogP) is 0.260. The third kappa shape index (κ3) is 2.99. The highest BCUT2D eigenvalue weighted by Crippen LogP contribution is 2.39. The van der Waals surface area contributed by atoms with Crippen LogP contribution in [0.1, 0.15) is 25.7 Å². The van der Waals surface area contributed by atoms with E-state index >= 15 is 0 Å². The Morgan fingerprint density at radius 2 is 2.23 bits per heavy atom. The van der Waals surface area contributed by atoms with Crippen molar-refractivity contribution in [3.63, 3.8) is 0 Å². The second-order valence-electron chi connectivity index (χ2n) is 6.35. The summed E-state index contributed by atoms with van der Waals surface area (Å²) in [5.74, 6) is 1.30. The quantitative estimate of drug-likeness (QED) is 0.831. The summed E-state index contributed by atoms with van der Waals surface area (Å²) >= 11 is 0. The molecule has 2 saturated heterocycles. The van der Waals surface area contributed by atoms with Crippen molar-refractivity contribution in [3.8, 4) is 0 Å². The lowest BCUT2D eigenvalue weighted by molar-refractivity contribution is -0.138. The summed E-state index contributed by atoms with van der Waals surface area (Å²) in [6.07, 6.45) is 5.29. The highest BCUT2D eigenvalue weighted by Gasteiger charge is 2.42. The minimum Gasteiger partial charge on any atom is -0.395 e. The summed E-state index contributed by atoms with van der Waals surface area (Å²) in [6, 6.07) is 1.69. The summed E-state index contributed by atoms with van der Waals surface area (Å²) in [5.41, 5.74) is 5.84. The van der Waals surface area contributed by atoms with E-state index in [-0.39, 0.29) is 17.9 Å². The highest BCUT2D eigenvalue weighted by atomic mass is 16.3. The molecule has 3 heterocycles. The molecule has 3 N–H and O–H groups in total. The van der Waals surface area contributed by atoms with Crippen LogP contribution in [0.3, 0.4) is 0 Å². The van der Waals surface area contributed by atoms with Gasteiger partial charge in [-0.3, -0.25) is 4.79 Å². The van der Waals surface area contributed by atoms with Crippen molar-refractivity contribution in [1.29, 1.82) is 0 Å². The van der Waals surface area contributed by atoms with Crippen LogP contribution in [-0.4, -0.2) is 58.7 Å². The van der Waals surface area contributed by atoms with Crippen molar-refractivity contribution in [1.82, 2.24) is 14.9 Å². The number of hydrogen-bond donors (Lipinski definition) is 2. The monoisotopic (exact) mass is 305 g/mol. The number of anilines is 2. The van der Waals surface area contributed by atoms with Gasteiger partial charge < -0.3 is 20.6 Å². The van der Waals surface area contributed by atoms with Crippen molar-refractivity contribution in [2.45, 2.75) is 25.7 Å². The summed E-state index contributed by atoms with van der Waals surface area (Å²) in [7, 11) is 0. The molecule has 7 heteroatoms. The molecule has 0 saturated carbocycles. The van der Waals surface area contributed by atoms with Gasteiger partial charge in [-0.05, 0) is 25.3 Å². The van der Waals surface area contributed by atoms with Gasteiger partial charge in [0.05, 0.1) is 6.61 Å². The predicted molar refractivity (Wildman–Crippen MR) is 83.2 cm³/mol. The number of aliphatic hydroxyl groups excluding tert-OH is 1. The minimum atomic E-state index is 0.0177. The molecule has 0 unspecified atom stereocenters. The Morgan fingerprint density at radius 1 is 1.36 bits per heavy atom. The third-order valence-corrected chi connectivity index (χ3v) is 4.73. The molecule has 22 heavy (non-hydrogen) atoms. The maximum Gasteiger partial charge on any atom is 0.227 e. The van der Waals surface area contributed by atoms with Crippen LogP contribution in [0.25, 0.3) is 0 Å². The number of amides is 1. The number of carbonyl (C=O) groups is 1. The summed E-state index contributed by atoms with van der Waals surface area (Å²) in [5, 5.41) is 9.15. The molecule has 2 fully saturated rings. The number of likely N-dealkylation sites (tertiary alicyclic amines) is 1. The molecule has 0 radical (unpaired) electrons. The average Bonchev–Trinajstić information content (AvgIpc) is 2.52. The number of aliphatic hydroxyl groups is 1. The zero-order chi connectivity index (χ0) is 15.6. The van der Waals surface area contributed by atoms with Crippen LogP contribution in [0.2, 0.25) is 0 Å². The van der Waals surface area contributed by atoms with E-state index in [0.717, 1.165) is 32.4 Å². The zero-order valence-electron chi connectivity index (χ0n) is 12.7. The van der Waals surface area contributed by atoms with Gasteiger partial charge in [0.1, 0.15) is 5.82 Å². The van der Waals surface area contributed by atoms with E-state index in [4.69, 9.17) is 10.8 Å². The third-order valence-electron chi connectivity index (χ3n) is 4.73. The first-order valence-electron chi connectivity index (χ1n) is 7.84. The van der Waals surface area contributed by atoms with Gasteiger partial charge in [-0.25, -0.2) is 4.98 Å². The fourth-order valence-electron chi connectivity index (χ4n) is 3.65. The van der Waals surface area contributed by atoms with Gasteiger partial charge in [-0.15, -0.1) is 0 Å². The molecule has 2 aliphatic rings. The fourth-order valence-corrected chi connectivity index (χ4v) is 3.65. The molecule has 1 amide bonds. The Kier molecular flexibility index (Phi) is 4.15. The van der Waals surface area contributed by atoms with Crippen molar-refractivity contribution < 1.29 is 9.90 Å². The van der Waals surface area contributed by atoms with Crippen LogP contribution in [0.4, 0.5) is 11.8 Å². The van der Waals surface area contributed by atoms with E-state index in [2.05, 4.69) is 14.9 Å². The molecule has 2 aliphatic heterocycles. The summed E-state index contributed by atoms with van der Waals surface area (Å²) in [6.45, 7) is 2.91. The van der Waals surface area contributed by atoms with Crippen molar-refractivity contribution >= 4 is 17.7 Å². The first-order chi connectivity index (χ1) is 10.6. The van der Waals surface area contributed by atoms with Crippen molar-refractivity contribution in [2.75, 3.05) is 43.4 Å². The Labute approximate surface area is 130 Å². The highest BCUT2D eigenvalue weighted by molar-refractivity contribution is 5.77. The minimum absolute atomic E-state index is 0.0177. The number of carbonyl (C=O) groups excluding carboxylic acids is 1. The molecule has 0 aliphatic carbocycles. The number of nitrogens with two attached hydrogens (primary N) is 1. The number of piperidine rings is 2. The van der Waals surface area contributed by atoms with Crippen LogP contribution in [0, 0.1) is 5.41 Å². The Morgan fingerprint density at radius 3 is 3.00 bits per heavy atom. The average molecular weight is 305 g/mol. The van der Waals surface area contributed by atoms with Crippen LogP contribution < -0.4 is 10.6 Å². The smallest absolute Gasteiger partial charge is 0.227 e. The summed E-state index contributed by atoms with van der Waals surface area (Å²) < 4.78 is 0. The molecular weight excluding hydrogens is 282 g/mol. The molecule has 0 aromatic carbocycles. The van der Waals surface area contributed by atoms with E-state index in [1.54, 1.807) is 17.2 Å². The lowest BCUT2D eigenvalue weighted by Crippen LogP contribution is -2.54. The van der Waals surface area contributed by atoms with Crippen LogP contribution in [0.15, 0.2) is 12.3 Å². The lowest BCUT2D eigenvalue weighted by Gasteiger charge is -2.48. The molecule has 1 aromatic heterocycles. The molecule has 0 bridgehead atoms. The van der Waals surface area contributed by atoms with Crippen LogP contribution in [-0.2, 0) is 4.79 Å². The number of hydrogen-bond acceptors (Lipinski definition) is 6. The number of rotatable bonds is 3. The van der Waals surface area contributed by atoms with Crippen molar-refractivity contribution in [3.05, 3.63) is 12.3 Å². The van der Waals surface area contributed by atoms with E-state index in [9.17, 15) is 4.79 Å². The molecule has 1 atom stereocenters. The maximum absolute atomic E-state index is 12.0. The van der Waals surface area contributed by atoms with Crippen molar-refractivity contribution in [2.24, 2.45) is 5.41 Å². The zero-order valence-corrected chi connectivity index (χ0v) is 12.7. The molecule has 120 valence electrons. The summed E-state index contributed by atoms with van der Waals surface area (Å²) in [4.78, 5) is 24.6. The maximum atomic E-state index is 12.0. The molecule has 3 rings (SSSR count). The Balaban J connectivity index is 1.76. The van der Waals surface area contributed by atoms with Gasteiger partial charge in [-0.2, -0.15) is 4.98 Å². The molecule has 7 nitrogen and oxygen atoms in total. The number of nitrogen functional groups attached to an aromatic ring is 1. The lowest BCUT2D eigenvalue weighted by atomic mass is 9.73. The van der Waals surface area contributed by atoms with E-state index in [1.165, 1.54) is 0 Å². The molecule has 1 aromatic rings. The second-order valence-corrected chi connectivity index (χ2v) is 6.35. The fraction of sp³-hybridized carbons (Fsp3) is 0.667. The van der Waals surface area contributed by atoms with Gasteiger partial charge in [0, 0.05) is 44.2 Å². The number of aromatic nitrogens is 2. The van der Waals surface area contributed by atoms with E-state index in [1.807, 2.05) is 0 Å². The number of β-amino-alcohol motifs (C(OH)–C–C–N with tert-alkyl or cyclic N) is 1. The standard InChI is InChI=1S/C15H23N5O2/c16-12-3-6-17-14(18-12)20-7-1-4-15(11-20)5-2-13(22)19(10-15)8-9-21/h3,6,21H,1-2,4-5,7-11H2,(H2,16,17,18)/t15-/m0/s1. The van der Waals surface area contributed by atoms with Crippen LogP contribution in [0.5, 0.6) is 0 Å². The normalized spacial score (nSPS) is 25.8. The first kappa shape index (κ1) is 15.0. The van der Waals surface area contributed by atoms with Crippen LogP contribution >= 0.6 is 0 Å². The first-order valence-corrected chi connectivity index (χ1v) is 7.84. The van der Waals surface area contributed by atoms with Gasteiger partial charge in [-0.1, -0.05) is 0 Å². The topological polar surface area (TPSA) is 95.6 Å². The van der Waals surface area contributed by atoms with Gasteiger partial charge >= 0.3 is 0 Å². The van der Waals surface area contributed by atoms with E-state index < -0.39 is 0 Å². The van der Waals surface area contributed by atoms with Gasteiger partial charge in [0.25, 0.3) is 0 Å². The Hall–Kier alpha value is -1.89. The SMILES string of the molecule is Nc1ccnc(N2CCC[C@@]3(CCC(=O)N(CCO)C3)C2)n1. The number of nitrogens with zero attached hydrogens (tertiary/aromatic N) is 4. The van der Waals surface area contributed by atoms with Gasteiger partial charge in [0.15, 0.2) is 0 Å². The Bertz CT molecular complexity index is 552. The molecule has 1 spiro atoms. The van der Waals surface area contributed by atoms with E-state index in [0.29, 0.717) is 31.3 Å². The largest absolute Gasteiger partial charge is 0.395 e.